The normalized spacial score (nSPS) is 11.0. The zero-order valence-electron chi connectivity index (χ0n) is 16.6. The summed E-state index contributed by atoms with van der Waals surface area (Å²) in [5, 5.41) is 3.13. The molecule has 0 atom stereocenters. The second kappa shape index (κ2) is 9.86. The summed E-state index contributed by atoms with van der Waals surface area (Å²) in [7, 11) is 4.11. The van der Waals surface area contributed by atoms with Crippen molar-refractivity contribution in [2.75, 3.05) is 14.1 Å². The Bertz CT molecular complexity index is 836. The Labute approximate surface area is 168 Å². The van der Waals surface area contributed by atoms with Crippen LogP contribution in [0.15, 0.2) is 84.9 Å². The summed E-state index contributed by atoms with van der Waals surface area (Å²) in [6.45, 7) is 1.42. The van der Waals surface area contributed by atoms with Gasteiger partial charge < -0.3 is 10.2 Å². The van der Waals surface area contributed by atoms with Crippen molar-refractivity contribution in [3.8, 4) is 0 Å². The molecule has 3 aromatic rings. The predicted octanol–water partition coefficient (Wildman–Crippen LogP) is 4.59. The molecule has 0 radical (unpaired) electrons. The molecule has 0 aliphatic heterocycles. The molecule has 0 bridgehead atoms. The minimum absolute atomic E-state index is 0.0550. The van der Waals surface area contributed by atoms with Crippen LogP contribution in [0.3, 0.4) is 0 Å². The van der Waals surface area contributed by atoms with Gasteiger partial charge in [0.25, 0.3) is 0 Å². The standard InChI is InChI=1S/C25H28N2O/c1-27(2)19-23-16-10-9-15-22(23)18-26-25(28)17-24(20-11-5-3-6-12-20)21-13-7-4-8-14-21/h3-16,24H,17-19H2,1-2H3,(H,26,28). The number of nitrogens with one attached hydrogen (secondary N) is 1. The summed E-state index contributed by atoms with van der Waals surface area (Å²) in [6, 6.07) is 28.8. The fourth-order valence-electron chi connectivity index (χ4n) is 3.48. The quantitative estimate of drug-likeness (QED) is 0.627. The van der Waals surface area contributed by atoms with E-state index >= 15 is 0 Å². The maximum Gasteiger partial charge on any atom is 0.221 e. The molecule has 0 aromatic heterocycles. The van der Waals surface area contributed by atoms with Gasteiger partial charge in [-0.15, -0.1) is 0 Å². The molecule has 0 fully saturated rings. The molecule has 3 rings (SSSR count). The largest absolute Gasteiger partial charge is 0.352 e. The van der Waals surface area contributed by atoms with Crippen molar-refractivity contribution in [3.05, 3.63) is 107 Å². The van der Waals surface area contributed by atoms with Crippen LogP contribution in [0.2, 0.25) is 0 Å². The van der Waals surface area contributed by atoms with E-state index < -0.39 is 0 Å². The lowest BCUT2D eigenvalue weighted by molar-refractivity contribution is -0.121. The maximum absolute atomic E-state index is 12.8. The lowest BCUT2D eigenvalue weighted by Gasteiger charge is -2.19. The van der Waals surface area contributed by atoms with Gasteiger partial charge in [0, 0.05) is 25.4 Å². The number of hydrogen-bond acceptors (Lipinski definition) is 2. The molecule has 28 heavy (non-hydrogen) atoms. The SMILES string of the molecule is CN(C)Cc1ccccc1CNC(=O)CC(c1ccccc1)c1ccccc1. The van der Waals surface area contributed by atoms with Crippen LogP contribution >= 0.6 is 0 Å². The molecule has 0 aliphatic carbocycles. The summed E-state index contributed by atoms with van der Waals surface area (Å²) in [6.07, 6.45) is 0.434. The molecule has 0 spiro atoms. The van der Waals surface area contributed by atoms with E-state index in [1.54, 1.807) is 0 Å². The Kier molecular flexibility index (Phi) is 6.99. The molecular weight excluding hydrogens is 344 g/mol. The number of rotatable bonds is 8. The summed E-state index contributed by atoms with van der Waals surface area (Å²) >= 11 is 0. The number of benzene rings is 3. The van der Waals surface area contributed by atoms with E-state index in [0.29, 0.717) is 13.0 Å². The first-order valence-electron chi connectivity index (χ1n) is 9.71. The van der Waals surface area contributed by atoms with E-state index in [2.05, 4.69) is 60.7 Å². The van der Waals surface area contributed by atoms with Crippen LogP contribution < -0.4 is 5.32 Å². The molecule has 0 unspecified atom stereocenters. The molecule has 144 valence electrons. The fourth-order valence-corrected chi connectivity index (χ4v) is 3.48. The second-order valence-electron chi connectivity index (χ2n) is 7.36. The van der Waals surface area contributed by atoms with Gasteiger partial charge in [-0.25, -0.2) is 0 Å². The van der Waals surface area contributed by atoms with Crippen molar-refractivity contribution in [2.45, 2.75) is 25.4 Å². The first kappa shape index (κ1) is 19.8. The molecule has 3 aromatic carbocycles. The highest BCUT2D eigenvalue weighted by atomic mass is 16.1. The molecular formula is C25H28N2O. The average Bonchev–Trinajstić information content (AvgIpc) is 2.72. The minimum Gasteiger partial charge on any atom is -0.352 e. The van der Waals surface area contributed by atoms with Crippen molar-refractivity contribution >= 4 is 5.91 Å². The third kappa shape index (κ3) is 5.54. The van der Waals surface area contributed by atoms with Crippen LogP contribution in [-0.4, -0.2) is 24.9 Å². The summed E-state index contributed by atoms with van der Waals surface area (Å²) in [4.78, 5) is 14.9. The highest BCUT2D eigenvalue weighted by Crippen LogP contribution is 2.27. The van der Waals surface area contributed by atoms with Crippen LogP contribution in [0, 0.1) is 0 Å². The first-order valence-corrected chi connectivity index (χ1v) is 9.71. The smallest absolute Gasteiger partial charge is 0.221 e. The number of hydrogen-bond donors (Lipinski definition) is 1. The first-order chi connectivity index (χ1) is 13.6. The zero-order valence-corrected chi connectivity index (χ0v) is 16.6. The topological polar surface area (TPSA) is 32.3 Å². The molecule has 0 aliphatic rings. The Morgan fingerprint density at radius 2 is 1.29 bits per heavy atom. The molecule has 0 heterocycles. The van der Waals surface area contributed by atoms with Gasteiger partial charge in [-0.2, -0.15) is 0 Å². The lowest BCUT2D eigenvalue weighted by Crippen LogP contribution is -2.26. The van der Waals surface area contributed by atoms with E-state index in [4.69, 9.17) is 0 Å². The third-order valence-electron chi connectivity index (χ3n) is 4.87. The number of amides is 1. The molecule has 0 saturated carbocycles. The van der Waals surface area contributed by atoms with Crippen LogP contribution in [0.1, 0.15) is 34.6 Å². The van der Waals surface area contributed by atoms with Gasteiger partial charge in [-0.1, -0.05) is 84.9 Å². The summed E-state index contributed by atoms with van der Waals surface area (Å²) in [5.74, 6) is 0.122. The summed E-state index contributed by atoms with van der Waals surface area (Å²) in [5.41, 5.74) is 4.74. The Morgan fingerprint density at radius 1 is 0.786 bits per heavy atom. The number of carbonyl (C=O) groups is 1. The van der Waals surface area contributed by atoms with E-state index in [1.807, 2.05) is 48.5 Å². The fraction of sp³-hybridized carbons (Fsp3) is 0.240. The van der Waals surface area contributed by atoms with Gasteiger partial charge >= 0.3 is 0 Å². The van der Waals surface area contributed by atoms with Crippen molar-refractivity contribution in [3.63, 3.8) is 0 Å². The van der Waals surface area contributed by atoms with Crippen molar-refractivity contribution in [1.82, 2.24) is 10.2 Å². The van der Waals surface area contributed by atoms with E-state index in [0.717, 1.165) is 17.7 Å². The predicted molar refractivity (Wildman–Crippen MR) is 115 cm³/mol. The lowest BCUT2D eigenvalue weighted by atomic mass is 9.88. The van der Waals surface area contributed by atoms with Crippen molar-refractivity contribution in [1.29, 1.82) is 0 Å². The maximum atomic E-state index is 12.8. The van der Waals surface area contributed by atoms with Gasteiger partial charge in [0.15, 0.2) is 0 Å². The molecule has 3 heteroatoms. The summed E-state index contributed by atoms with van der Waals surface area (Å²) < 4.78 is 0. The monoisotopic (exact) mass is 372 g/mol. The van der Waals surface area contributed by atoms with Gasteiger partial charge in [0.2, 0.25) is 5.91 Å². The third-order valence-corrected chi connectivity index (χ3v) is 4.87. The van der Waals surface area contributed by atoms with Crippen LogP contribution in [-0.2, 0) is 17.9 Å². The van der Waals surface area contributed by atoms with Crippen molar-refractivity contribution < 1.29 is 4.79 Å². The van der Waals surface area contributed by atoms with E-state index in [1.165, 1.54) is 11.1 Å². The average molecular weight is 373 g/mol. The molecule has 1 amide bonds. The Hall–Kier alpha value is -2.91. The van der Waals surface area contributed by atoms with Gasteiger partial charge in [0.1, 0.15) is 0 Å². The Morgan fingerprint density at radius 3 is 1.82 bits per heavy atom. The Balaban J connectivity index is 1.70. The van der Waals surface area contributed by atoms with E-state index in [9.17, 15) is 4.79 Å². The van der Waals surface area contributed by atoms with Crippen LogP contribution in [0.5, 0.6) is 0 Å². The number of nitrogens with zero attached hydrogens (tertiary/aromatic N) is 1. The highest BCUT2D eigenvalue weighted by Gasteiger charge is 2.18. The molecule has 1 N–H and O–H groups in total. The van der Waals surface area contributed by atoms with Gasteiger partial charge in [-0.05, 0) is 36.3 Å². The van der Waals surface area contributed by atoms with Crippen LogP contribution in [0.25, 0.3) is 0 Å². The highest BCUT2D eigenvalue weighted by molar-refractivity contribution is 5.77. The van der Waals surface area contributed by atoms with Gasteiger partial charge in [0.05, 0.1) is 0 Å². The second-order valence-corrected chi connectivity index (χ2v) is 7.36. The van der Waals surface area contributed by atoms with Gasteiger partial charge in [-0.3, -0.25) is 4.79 Å². The zero-order chi connectivity index (χ0) is 19.8. The van der Waals surface area contributed by atoms with E-state index in [-0.39, 0.29) is 11.8 Å². The minimum atomic E-state index is 0.0550. The van der Waals surface area contributed by atoms with Crippen molar-refractivity contribution in [2.24, 2.45) is 0 Å². The van der Waals surface area contributed by atoms with Crippen LogP contribution in [0.4, 0.5) is 0 Å². The molecule has 3 nitrogen and oxygen atoms in total. The molecule has 0 saturated heterocycles. The number of carbonyl (C=O) groups excluding carboxylic acids is 1.